The van der Waals surface area contributed by atoms with Gasteiger partial charge in [0.2, 0.25) is 0 Å². The van der Waals surface area contributed by atoms with Gasteiger partial charge in [0.25, 0.3) is 0 Å². The van der Waals surface area contributed by atoms with Crippen molar-refractivity contribution in [3.63, 3.8) is 0 Å². The summed E-state index contributed by atoms with van der Waals surface area (Å²) >= 11 is 0. The van der Waals surface area contributed by atoms with E-state index in [0.717, 1.165) is 5.92 Å². The van der Waals surface area contributed by atoms with Crippen LogP contribution in [0.25, 0.3) is 0 Å². The molecule has 0 heteroatoms. The molecule has 0 nitrogen and oxygen atoms in total. The molecule has 0 amide bonds. The van der Waals surface area contributed by atoms with Gasteiger partial charge in [0.05, 0.1) is 0 Å². The van der Waals surface area contributed by atoms with Crippen molar-refractivity contribution in [2.75, 3.05) is 0 Å². The van der Waals surface area contributed by atoms with E-state index in [1.165, 1.54) is 64.2 Å². The first kappa shape index (κ1) is 17.5. The number of hydrogen-bond donors (Lipinski definition) is 0. The van der Waals surface area contributed by atoms with Crippen molar-refractivity contribution in [3.8, 4) is 0 Å². The third-order valence-corrected chi connectivity index (χ3v) is 4.60. The largest absolute Gasteiger partial charge is 0.0653 e. The minimum atomic E-state index is 0.808. The van der Waals surface area contributed by atoms with Gasteiger partial charge >= 0.3 is 0 Å². The molecule has 116 valence electrons. The molecule has 0 unspecified atom stereocenters. The lowest BCUT2D eigenvalue weighted by Crippen LogP contribution is -2.05. The molecule has 1 aliphatic carbocycles. The van der Waals surface area contributed by atoms with Gasteiger partial charge in [-0.05, 0) is 43.3 Å². The predicted octanol–water partition coefficient (Wildman–Crippen LogP) is 7.21. The van der Waals surface area contributed by atoms with E-state index in [1.54, 1.807) is 11.1 Å². The van der Waals surface area contributed by atoms with Crippen molar-refractivity contribution >= 4 is 0 Å². The van der Waals surface area contributed by atoms with Gasteiger partial charge in [0.15, 0.2) is 0 Å². The summed E-state index contributed by atoms with van der Waals surface area (Å²) < 4.78 is 0. The van der Waals surface area contributed by atoms with Crippen LogP contribution in [-0.2, 0) is 0 Å². The summed E-state index contributed by atoms with van der Waals surface area (Å²) in [6, 6.07) is 0. The predicted molar refractivity (Wildman–Crippen MR) is 92.1 cm³/mol. The van der Waals surface area contributed by atoms with E-state index in [0.29, 0.717) is 0 Å². The van der Waals surface area contributed by atoms with E-state index >= 15 is 0 Å². The van der Waals surface area contributed by atoms with Crippen molar-refractivity contribution < 1.29 is 0 Å². The molecule has 0 N–H and O–H groups in total. The van der Waals surface area contributed by atoms with Gasteiger partial charge in [-0.1, -0.05) is 77.9 Å². The van der Waals surface area contributed by atoms with Crippen LogP contribution in [0.3, 0.4) is 0 Å². The number of allylic oxidation sites excluding steroid dienone is 4. The van der Waals surface area contributed by atoms with Crippen LogP contribution in [0.1, 0.15) is 98.8 Å². The minimum absolute atomic E-state index is 0.808. The van der Waals surface area contributed by atoms with Crippen molar-refractivity contribution in [2.24, 2.45) is 5.92 Å². The Morgan fingerprint density at radius 3 is 1.25 bits per heavy atom. The van der Waals surface area contributed by atoms with E-state index in [9.17, 15) is 0 Å². The van der Waals surface area contributed by atoms with Gasteiger partial charge in [-0.25, -0.2) is 0 Å². The molecular formula is C20H36. The summed E-state index contributed by atoms with van der Waals surface area (Å²) in [5.74, 6) is 0.808. The van der Waals surface area contributed by atoms with Crippen LogP contribution in [0, 0.1) is 5.92 Å². The minimum Gasteiger partial charge on any atom is -0.0653 e. The zero-order chi connectivity index (χ0) is 15.0. The Morgan fingerprint density at radius 2 is 0.950 bits per heavy atom. The Kier molecular flexibility index (Phi) is 8.26. The van der Waals surface area contributed by atoms with Crippen molar-refractivity contribution in [1.29, 1.82) is 0 Å². The molecule has 0 atom stereocenters. The average molecular weight is 277 g/mol. The molecule has 1 rings (SSSR count). The Bertz CT molecular complexity index is 311. The first-order valence-electron chi connectivity index (χ1n) is 9.19. The molecule has 0 aromatic carbocycles. The SMILES string of the molecule is CCCC1=C(CCC)C(CCC)C(CCC)=C1CCC. The molecule has 0 aromatic rings. The highest BCUT2D eigenvalue weighted by atomic mass is 14.3. The summed E-state index contributed by atoms with van der Waals surface area (Å²) in [4.78, 5) is 0. The zero-order valence-corrected chi connectivity index (χ0v) is 14.6. The van der Waals surface area contributed by atoms with E-state index in [-0.39, 0.29) is 0 Å². The standard InChI is InChI=1S/C20H36/c1-6-11-16-17(12-7-2)19(14-9-4)20(15-10-5)18(16)13-8-3/h16H,6-15H2,1-5H3. The highest BCUT2D eigenvalue weighted by Gasteiger charge is 2.30. The molecule has 0 spiro atoms. The zero-order valence-electron chi connectivity index (χ0n) is 14.6. The van der Waals surface area contributed by atoms with Crippen LogP contribution in [0.15, 0.2) is 22.3 Å². The summed E-state index contributed by atoms with van der Waals surface area (Å²) in [6.45, 7) is 11.7. The second-order valence-corrected chi connectivity index (χ2v) is 6.35. The summed E-state index contributed by atoms with van der Waals surface area (Å²) in [6.07, 6.45) is 13.2. The normalized spacial score (nSPS) is 16.6. The summed E-state index contributed by atoms with van der Waals surface area (Å²) in [7, 11) is 0. The lowest BCUT2D eigenvalue weighted by atomic mass is 9.86. The molecule has 20 heavy (non-hydrogen) atoms. The third kappa shape index (κ3) is 3.99. The maximum atomic E-state index is 2.35. The van der Waals surface area contributed by atoms with E-state index < -0.39 is 0 Å². The lowest BCUT2D eigenvalue weighted by molar-refractivity contribution is 0.581. The first-order valence-corrected chi connectivity index (χ1v) is 9.19. The molecule has 0 bridgehead atoms. The Hall–Kier alpha value is -0.520. The Morgan fingerprint density at radius 1 is 0.550 bits per heavy atom. The van der Waals surface area contributed by atoms with E-state index in [1.807, 2.05) is 11.1 Å². The van der Waals surface area contributed by atoms with Crippen molar-refractivity contribution in [1.82, 2.24) is 0 Å². The summed E-state index contributed by atoms with van der Waals surface area (Å²) in [5, 5.41) is 0. The molecule has 1 aliphatic rings. The maximum absolute atomic E-state index is 2.35. The second-order valence-electron chi connectivity index (χ2n) is 6.35. The number of hydrogen-bond acceptors (Lipinski definition) is 0. The Balaban J connectivity index is 3.19. The van der Waals surface area contributed by atoms with Crippen molar-refractivity contribution in [2.45, 2.75) is 98.8 Å². The van der Waals surface area contributed by atoms with E-state index in [4.69, 9.17) is 0 Å². The molecule has 0 fully saturated rings. The fraction of sp³-hybridized carbons (Fsp3) is 0.800. The van der Waals surface area contributed by atoms with Crippen LogP contribution in [0.2, 0.25) is 0 Å². The highest BCUT2D eigenvalue weighted by Crippen LogP contribution is 2.46. The number of rotatable bonds is 10. The molecule has 0 saturated carbocycles. The first-order chi connectivity index (χ1) is 9.74. The van der Waals surface area contributed by atoms with Gasteiger partial charge < -0.3 is 0 Å². The highest BCUT2D eigenvalue weighted by molar-refractivity contribution is 5.50. The van der Waals surface area contributed by atoms with Crippen LogP contribution < -0.4 is 0 Å². The molecule has 0 heterocycles. The molecule has 0 aliphatic heterocycles. The van der Waals surface area contributed by atoms with Crippen molar-refractivity contribution in [3.05, 3.63) is 22.3 Å². The monoisotopic (exact) mass is 276 g/mol. The van der Waals surface area contributed by atoms with E-state index in [2.05, 4.69) is 34.6 Å². The van der Waals surface area contributed by atoms with Crippen LogP contribution in [0.4, 0.5) is 0 Å². The quantitative estimate of drug-likeness (QED) is 0.395. The van der Waals surface area contributed by atoms with Gasteiger partial charge in [-0.3, -0.25) is 0 Å². The van der Waals surface area contributed by atoms with Crippen LogP contribution in [0.5, 0.6) is 0 Å². The van der Waals surface area contributed by atoms with Gasteiger partial charge in [-0.15, -0.1) is 0 Å². The fourth-order valence-corrected chi connectivity index (χ4v) is 3.97. The molecular weight excluding hydrogens is 240 g/mol. The van der Waals surface area contributed by atoms with Gasteiger partial charge in [0.1, 0.15) is 0 Å². The molecule has 0 radical (unpaired) electrons. The lowest BCUT2D eigenvalue weighted by Gasteiger charge is -2.19. The van der Waals surface area contributed by atoms with Gasteiger partial charge in [-0.2, -0.15) is 0 Å². The van der Waals surface area contributed by atoms with Crippen LogP contribution in [-0.4, -0.2) is 0 Å². The smallest absolute Gasteiger partial charge is 0.00187 e. The third-order valence-electron chi connectivity index (χ3n) is 4.60. The molecule has 0 aromatic heterocycles. The van der Waals surface area contributed by atoms with Crippen LogP contribution >= 0.6 is 0 Å². The average Bonchev–Trinajstić information content (AvgIpc) is 2.68. The maximum Gasteiger partial charge on any atom is 0.00187 e. The second kappa shape index (κ2) is 9.42. The summed E-state index contributed by atoms with van der Waals surface area (Å²) in [5.41, 5.74) is 7.25. The fourth-order valence-electron chi connectivity index (χ4n) is 3.97. The van der Waals surface area contributed by atoms with Gasteiger partial charge in [0, 0.05) is 5.92 Å². The molecule has 0 saturated heterocycles. The topological polar surface area (TPSA) is 0 Å². The Labute approximate surface area is 127 Å².